The molecule has 106 valence electrons. The Hall–Kier alpha value is -1.33. The molecule has 5 heteroatoms. The van der Waals surface area contributed by atoms with Gasteiger partial charge in [0.2, 0.25) is 0 Å². The van der Waals surface area contributed by atoms with E-state index in [9.17, 15) is 13.2 Å². The van der Waals surface area contributed by atoms with E-state index in [0.29, 0.717) is 18.7 Å². The van der Waals surface area contributed by atoms with Gasteiger partial charge in [-0.2, -0.15) is 0 Å². The van der Waals surface area contributed by atoms with E-state index in [1.807, 2.05) is 6.92 Å². The summed E-state index contributed by atoms with van der Waals surface area (Å²) in [7, 11) is 0. The summed E-state index contributed by atoms with van der Waals surface area (Å²) in [6.07, 6.45) is 0. The molecule has 0 aliphatic carbocycles. The predicted molar refractivity (Wildman–Crippen MR) is 76.8 cm³/mol. The van der Waals surface area contributed by atoms with Crippen LogP contribution in [0.2, 0.25) is 0 Å². The first-order chi connectivity index (χ1) is 9.54. The monoisotopic (exact) mass is 343 g/mol. The highest BCUT2D eigenvalue weighted by Gasteiger charge is 2.17. The van der Waals surface area contributed by atoms with Crippen molar-refractivity contribution < 1.29 is 13.2 Å². The first-order valence-electron chi connectivity index (χ1n) is 6.17. The van der Waals surface area contributed by atoms with E-state index in [2.05, 4.69) is 21.2 Å². The highest BCUT2D eigenvalue weighted by atomic mass is 79.9. The molecule has 0 unspecified atom stereocenters. The van der Waals surface area contributed by atoms with Gasteiger partial charge in [0.1, 0.15) is 17.5 Å². The minimum absolute atomic E-state index is 0.146. The number of hydrogen-bond acceptors (Lipinski definition) is 1. The van der Waals surface area contributed by atoms with Gasteiger partial charge in [0.05, 0.1) is 10.0 Å². The van der Waals surface area contributed by atoms with Crippen molar-refractivity contribution in [3.8, 4) is 11.1 Å². The fourth-order valence-corrected chi connectivity index (χ4v) is 2.30. The molecule has 0 bridgehead atoms. The van der Waals surface area contributed by atoms with Crippen LogP contribution in [0.4, 0.5) is 13.2 Å². The van der Waals surface area contributed by atoms with Crippen molar-refractivity contribution >= 4 is 15.9 Å². The average Bonchev–Trinajstić information content (AvgIpc) is 2.42. The maximum atomic E-state index is 14.2. The Bertz CT molecular complexity index is 629. The Morgan fingerprint density at radius 2 is 1.85 bits per heavy atom. The zero-order valence-corrected chi connectivity index (χ0v) is 12.4. The zero-order chi connectivity index (χ0) is 14.7. The van der Waals surface area contributed by atoms with Crippen molar-refractivity contribution in [2.75, 3.05) is 6.54 Å². The quantitative estimate of drug-likeness (QED) is 0.797. The molecule has 0 atom stereocenters. The average molecular weight is 344 g/mol. The first kappa shape index (κ1) is 15.1. The third-order valence-corrected chi connectivity index (χ3v) is 3.56. The van der Waals surface area contributed by atoms with Crippen molar-refractivity contribution in [3.63, 3.8) is 0 Å². The maximum absolute atomic E-state index is 14.2. The van der Waals surface area contributed by atoms with Gasteiger partial charge in [-0.05, 0) is 57.9 Å². The van der Waals surface area contributed by atoms with E-state index in [-0.39, 0.29) is 15.6 Å². The molecule has 2 rings (SSSR count). The van der Waals surface area contributed by atoms with Crippen molar-refractivity contribution in [1.29, 1.82) is 0 Å². The predicted octanol–water partition coefficient (Wildman–Crippen LogP) is 4.64. The van der Waals surface area contributed by atoms with Crippen molar-refractivity contribution in [3.05, 3.63) is 57.8 Å². The largest absolute Gasteiger partial charge is 0.313 e. The lowest BCUT2D eigenvalue weighted by Crippen LogP contribution is -2.13. The van der Waals surface area contributed by atoms with E-state index >= 15 is 0 Å². The van der Waals surface area contributed by atoms with Crippen LogP contribution in [-0.2, 0) is 6.54 Å². The number of benzene rings is 2. The maximum Gasteiger partial charge on any atom is 0.148 e. The minimum atomic E-state index is -0.728. The second-order valence-electron chi connectivity index (χ2n) is 4.30. The van der Waals surface area contributed by atoms with Crippen molar-refractivity contribution in [1.82, 2.24) is 5.32 Å². The fraction of sp³-hybridized carbons (Fsp3) is 0.200. The van der Waals surface area contributed by atoms with Crippen molar-refractivity contribution in [2.24, 2.45) is 0 Å². The van der Waals surface area contributed by atoms with Crippen LogP contribution in [0, 0.1) is 17.5 Å². The lowest BCUT2D eigenvalue weighted by atomic mass is 9.98. The highest BCUT2D eigenvalue weighted by molar-refractivity contribution is 9.10. The Balaban J connectivity index is 2.62. The molecule has 0 fully saturated rings. The second kappa shape index (κ2) is 6.41. The van der Waals surface area contributed by atoms with Crippen LogP contribution in [0.5, 0.6) is 0 Å². The van der Waals surface area contributed by atoms with Crippen LogP contribution in [-0.4, -0.2) is 6.54 Å². The minimum Gasteiger partial charge on any atom is -0.313 e. The van der Waals surface area contributed by atoms with E-state index in [0.717, 1.165) is 12.1 Å². The van der Waals surface area contributed by atoms with Crippen molar-refractivity contribution in [2.45, 2.75) is 13.5 Å². The number of halogens is 4. The van der Waals surface area contributed by atoms with Gasteiger partial charge in [0.15, 0.2) is 0 Å². The van der Waals surface area contributed by atoms with Crippen LogP contribution >= 0.6 is 15.9 Å². The van der Waals surface area contributed by atoms with Crippen LogP contribution in [0.1, 0.15) is 12.5 Å². The molecule has 0 amide bonds. The normalized spacial score (nSPS) is 10.8. The Labute approximate surface area is 123 Å². The molecule has 2 aromatic rings. The van der Waals surface area contributed by atoms with Crippen LogP contribution in [0.3, 0.4) is 0 Å². The summed E-state index contributed by atoms with van der Waals surface area (Å²) in [6.45, 7) is 3.04. The number of rotatable bonds is 4. The van der Waals surface area contributed by atoms with Crippen LogP contribution in [0.25, 0.3) is 11.1 Å². The molecule has 0 heterocycles. The van der Waals surface area contributed by atoms with E-state index in [1.165, 1.54) is 18.2 Å². The highest BCUT2D eigenvalue weighted by Crippen LogP contribution is 2.33. The summed E-state index contributed by atoms with van der Waals surface area (Å²) in [5, 5.41) is 3.07. The molecule has 0 saturated carbocycles. The Kier molecular flexibility index (Phi) is 4.83. The van der Waals surface area contributed by atoms with Crippen LogP contribution < -0.4 is 5.32 Å². The zero-order valence-electron chi connectivity index (χ0n) is 10.8. The van der Waals surface area contributed by atoms with E-state index in [1.54, 1.807) is 0 Å². The number of nitrogens with one attached hydrogen (secondary N) is 1. The molecule has 0 radical (unpaired) electrons. The molecule has 20 heavy (non-hydrogen) atoms. The molecule has 0 spiro atoms. The summed E-state index contributed by atoms with van der Waals surface area (Å²) < 4.78 is 41.7. The van der Waals surface area contributed by atoms with E-state index < -0.39 is 17.5 Å². The molecule has 0 aliphatic heterocycles. The van der Waals surface area contributed by atoms with Gasteiger partial charge in [-0.1, -0.05) is 13.0 Å². The third kappa shape index (κ3) is 3.04. The molecule has 1 nitrogen and oxygen atoms in total. The van der Waals surface area contributed by atoms with Gasteiger partial charge in [-0.3, -0.25) is 0 Å². The Morgan fingerprint density at radius 1 is 1.10 bits per heavy atom. The van der Waals surface area contributed by atoms with Crippen LogP contribution in [0.15, 0.2) is 34.8 Å². The van der Waals surface area contributed by atoms with E-state index in [4.69, 9.17) is 0 Å². The van der Waals surface area contributed by atoms with Gasteiger partial charge in [0.25, 0.3) is 0 Å². The molecular weight excluding hydrogens is 331 g/mol. The molecule has 0 aromatic heterocycles. The fourth-order valence-electron chi connectivity index (χ4n) is 1.97. The molecular formula is C15H13BrF3N. The van der Waals surface area contributed by atoms with Gasteiger partial charge in [0, 0.05) is 6.54 Å². The third-order valence-electron chi connectivity index (χ3n) is 2.95. The van der Waals surface area contributed by atoms with Gasteiger partial charge in [-0.25, -0.2) is 13.2 Å². The molecule has 0 aliphatic rings. The summed E-state index contributed by atoms with van der Waals surface area (Å²) in [4.78, 5) is 0. The molecule has 2 aromatic carbocycles. The molecule has 1 N–H and O–H groups in total. The second-order valence-corrected chi connectivity index (χ2v) is 5.15. The Morgan fingerprint density at radius 3 is 2.55 bits per heavy atom. The molecule has 0 saturated heterocycles. The van der Waals surface area contributed by atoms with Gasteiger partial charge < -0.3 is 5.32 Å². The summed E-state index contributed by atoms with van der Waals surface area (Å²) in [6, 6.07) is 6.42. The van der Waals surface area contributed by atoms with Gasteiger partial charge in [-0.15, -0.1) is 0 Å². The summed E-state index contributed by atoms with van der Waals surface area (Å²) in [5.41, 5.74) is 0.651. The first-order valence-corrected chi connectivity index (χ1v) is 6.97. The smallest absolute Gasteiger partial charge is 0.148 e. The lowest BCUT2D eigenvalue weighted by Gasteiger charge is -2.13. The van der Waals surface area contributed by atoms with Gasteiger partial charge >= 0.3 is 0 Å². The summed E-state index contributed by atoms with van der Waals surface area (Å²) in [5.74, 6) is -1.97. The standard InChI is InChI=1S/C15H13BrF3N/c1-2-20-8-9-3-4-10(17)7-11(9)14-13(18)6-5-12(16)15(14)19/h3-7,20H,2,8H2,1H3. The SMILES string of the molecule is CCNCc1ccc(F)cc1-c1c(F)ccc(Br)c1F. The lowest BCUT2D eigenvalue weighted by molar-refractivity contribution is 0.583. The topological polar surface area (TPSA) is 12.0 Å². The summed E-state index contributed by atoms with van der Waals surface area (Å²) >= 11 is 3.02. The number of hydrogen-bond donors (Lipinski definition) is 1.